The van der Waals surface area contributed by atoms with Crippen LogP contribution < -0.4 is 29.5 Å². The van der Waals surface area contributed by atoms with Crippen LogP contribution in [0.15, 0.2) is 27.4 Å². The van der Waals surface area contributed by atoms with E-state index in [4.69, 9.17) is 35.0 Å². The summed E-state index contributed by atoms with van der Waals surface area (Å²) in [5, 5.41) is 1.35. The summed E-state index contributed by atoms with van der Waals surface area (Å²) in [6.07, 6.45) is 0. The van der Waals surface area contributed by atoms with Gasteiger partial charge in [0, 0.05) is 16.5 Å². The Morgan fingerprint density at radius 1 is 1.03 bits per heavy atom. The Hall–Kier alpha value is -2.90. The smallest absolute Gasteiger partial charge is 0.339 e. The zero-order valence-electron chi connectivity index (χ0n) is 18.2. The number of benzene rings is 2. The van der Waals surface area contributed by atoms with Gasteiger partial charge in [-0.15, -0.1) is 0 Å². The molecule has 1 aliphatic rings. The van der Waals surface area contributed by atoms with Crippen molar-refractivity contribution in [1.29, 1.82) is 0 Å². The van der Waals surface area contributed by atoms with Gasteiger partial charge in [0.05, 0.1) is 31.9 Å². The molecule has 0 bridgehead atoms. The Morgan fingerprint density at radius 3 is 2.32 bits per heavy atom. The molecule has 1 N–H and O–H groups in total. The van der Waals surface area contributed by atoms with Gasteiger partial charge < -0.3 is 23.4 Å². The second-order valence-electron chi connectivity index (χ2n) is 7.61. The fourth-order valence-corrected chi connectivity index (χ4v) is 4.30. The van der Waals surface area contributed by atoms with Crippen molar-refractivity contribution in [3.8, 4) is 23.0 Å². The molecule has 7 nitrogen and oxygen atoms in total. The van der Waals surface area contributed by atoms with E-state index in [1.54, 1.807) is 28.3 Å². The van der Waals surface area contributed by atoms with Gasteiger partial charge in [0.1, 0.15) is 13.1 Å². The van der Waals surface area contributed by atoms with Crippen LogP contribution in [0.3, 0.4) is 0 Å². The van der Waals surface area contributed by atoms with Crippen molar-refractivity contribution in [3.05, 3.63) is 55.9 Å². The van der Waals surface area contributed by atoms with Crippen LogP contribution in [-0.4, -0.2) is 28.1 Å². The van der Waals surface area contributed by atoms with Gasteiger partial charge in [-0.2, -0.15) is 0 Å². The van der Waals surface area contributed by atoms with E-state index in [9.17, 15) is 4.79 Å². The molecule has 164 valence electrons. The Balaban J connectivity index is 1.73. The highest BCUT2D eigenvalue weighted by atomic mass is 35.5. The number of hydrogen-bond acceptors (Lipinski definition) is 6. The molecule has 1 aromatic heterocycles. The van der Waals surface area contributed by atoms with Crippen LogP contribution in [-0.2, 0) is 13.1 Å². The van der Waals surface area contributed by atoms with Crippen molar-refractivity contribution < 1.29 is 28.3 Å². The minimum atomic E-state index is -0.341. The van der Waals surface area contributed by atoms with Crippen LogP contribution in [0.5, 0.6) is 23.0 Å². The Kier molecular flexibility index (Phi) is 5.73. The molecule has 2 heterocycles. The molecule has 4 rings (SSSR count). The first-order valence-corrected chi connectivity index (χ1v) is 10.3. The van der Waals surface area contributed by atoms with E-state index in [0.717, 1.165) is 27.0 Å². The molecule has 0 aliphatic carbocycles. The monoisotopic (exact) mass is 446 g/mol. The van der Waals surface area contributed by atoms with E-state index in [0.29, 0.717) is 59.0 Å². The molecular formula is C23H25ClNO6+. The molecule has 1 unspecified atom stereocenters. The minimum Gasteiger partial charge on any atom is -0.493 e. The predicted octanol–water partition coefficient (Wildman–Crippen LogP) is 3.02. The highest BCUT2D eigenvalue weighted by Gasteiger charge is 2.28. The summed E-state index contributed by atoms with van der Waals surface area (Å²) >= 11 is 6.50. The van der Waals surface area contributed by atoms with Gasteiger partial charge in [0.15, 0.2) is 22.8 Å². The molecule has 2 aromatic carbocycles. The van der Waals surface area contributed by atoms with Crippen LogP contribution in [0.2, 0.25) is 5.02 Å². The summed E-state index contributed by atoms with van der Waals surface area (Å²) in [4.78, 5) is 13.4. The van der Waals surface area contributed by atoms with Crippen LogP contribution in [0, 0.1) is 13.8 Å². The van der Waals surface area contributed by atoms with E-state index in [1.165, 1.54) is 0 Å². The number of aryl methyl sites for hydroxylation is 1. The maximum Gasteiger partial charge on any atom is 0.339 e. The van der Waals surface area contributed by atoms with Gasteiger partial charge in [-0.1, -0.05) is 11.6 Å². The Bertz CT molecular complexity index is 1190. The summed E-state index contributed by atoms with van der Waals surface area (Å²) in [5.74, 6) is 2.32. The lowest BCUT2D eigenvalue weighted by molar-refractivity contribution is -0.945. The lowest BCUT2D eigenvalue weighted by Gasteiger charge is -2.27. The molecule has 0 saturated carbocycles. The fourth-order valence-electron chi connectivity index (χ4n) is 4.02. The number of quaternary nitrogens is 1. The average Bonchev–Trinajstić information content (AvgIpc) is 2.77. The van der Waals surface area contributed by atoms with Crippen molar-refractivity contribution in [1.82, 2.24) is 0 Å². The zero-order chi connectivity index (χ0) is 22.3. The number of ether oxygens (including phenoxy) is 4. The average molecular weight is 447 g/mol. The molecule has 0 spiro atoms. The maximum absolute atomic E-state index is 12.3. The predicted molar refractivity (Wildman–Crippen MR) is 117 cm³/mol. The number of fused-ring (bicyclic) bond motifs is 3. The van der Waals surface area contributed by atoms with Crippen molar-refractivity contribution in [2.24, 2.45) is 0 Å². The summed E-state index contributed by atoms with van der Waals surface area (Å²) in [6.45, 7) is 5.31. The molecule has 8 heteroatoms. The van der Waals surface area contributed by atoms with Gasteiger partial charge in [-0.05, 0) is 37.6 Å². The third kappa shape index (κ3) is 3.68. The Morgan fingerprint density at radius 2 is 1.71 bits per heavy atom. The summed E-state index contributed by atoms with van der Waals surface area (Å²) in [6, 6.07) is 5.66. The van der Waals surface area contributed by atoms with E-state index in [2.05, 4.69) is 0 Å². The molecule has 0 amide bonds. The molecule has 0 saturated heterocycles. The van der Waals surface area contributed by atoms with Crippen LogP contribution in [0.25, 0.3) is 11.0 Å². The highest BCUT2D eigenvalue weighted by molar-refractivity contribution is 6.33. The second-order valence-corrected chi connectivity index (χ2v) is 8.02. The molecular weight excluding hydrogens is 422 g/mol. The fraction of sp³-hybridized carbons (Fsp3) is 0.348. The van der Waals surface area contributed by atoms with Crippen LogP contribution in [0.4, 0.5) is 0 Å². The third-order valence-electron chi connectivity index (χ3n) is 5.77. The number of halogens is 1. The maximum atomic E-state index is 12.3. The largest absolute Gasteiger partial charge is 0.493 e. The van der Waals surface area contributed by atoms with Gasteiger partial charge in [0.25, 0.3) is 0 Å². The zero-order valence-corrected chi connectivity index (χ0v) is 18.9. The van der Waals surface area contributed by atoms with Gasteiger partial charge in [-0.3, -0.25) is 4.90 Å². The van der Waals surface area contributed by atoms with Crippen LogP contribution in [0.1, 0.15) is 22.3 Å². The van der Waals surface area contributed by atoms with Gasteiger partial charge >= 0.3 is 5.63 Å². The first kappa shape index (κ1) is 21.3. The van der Waals surface area contributed by atoms with Crippen molar-refractivity contribution >= 4 is 22.6 Å². The lowest BCUT2D eigenvalue weighted by atomic mass is 10.0. The highest BCUT2D eigenvalue weighted by Crippen LogP contribution is 2.39. The molecule has 3 aromatic rings. The van der Waals surface area contributed by atoms with Crippen molar-refractivity contribution in [2.75, 3.05) is 28.1 Å². The summed E-state index contributed by atoms with van der Waals surface area (Å²) in [5.41, 5.74) is 3.45. The molecule has 31 heavy (non-hydrogen) atoms. The normalized spacial score (nSPS) is 15.4. The number of rotatable bonds is 5. The second kappa shape index (κ2) is 8.32. The standard InChI is InChI=1S/C23H24ClNO6/c1-12-13(2)23(26)31-20-15(12)8-17(24)21-16(20)10-25(11-30-21)9-14-6-18(27-3)22(29-5)19(7-14)28-4/h6-8H,9-11H2,1-5H3/p+1. The van der Waals surface area contributed by atoms with E-state index >= 15 is 0 Å². The third-order valence-corrected chi connectivity index (χ3v) is 6.06. The number of nitrogens with one attached hydrogen (secondary N) is 1. The summed E-state index contributed by atoms with van der Waals surface area (Å²) in [7, 11) is 4.76. The van der Waals surface area contributed by atoms with E-state index in [1.807, 2.05) is 25.1 Å². The first-order chi connectivity index (χ1) is 14.9. The molecule has 0 fully saturated rings. The van der Waals surface area contributed by atoms with Crippen LogP contribution >= 0.6 is 11.6 Å². The molecule has 1 aliphatic heterocycles. The number of methoxy groups -OCH3 is 3. The lowest BCUT2D eigenvalue weighted by Crippen LogP contribution is -3.10. The van der Waals surface area contributed by atoms with Crippen molar-refractivity contribution in [2.45, 2.75) is 26.9 Å². The Labute approximate surface area is 185 Å². The summed E-state index contributed by atoms with van der Waals surface area (Å²) < 4.78 is 28.0. The van der Waals surface area contributed by atoms with Gasteiger partial charge in [0.2, 0.25) is 12.5 Å². The first-order valence-electron chi connectivity index (χ1n) is 9.88. The number of hydrogen-bond donors (Lipinski definition) is 1. The van der Waals surface area contributed by atoms with E-state index in [-0.39, 0.29) is 5.63 Å². The molecule has 0 radical (unpaired) electrons. The quantitative estimate of drug-likeness (QED) is 0.607. The molecule has 1 atom stereocenters. The minimum absolute atomic E-state index is 0.341. The van der Waals surface area contributed by atoms with E-state index < -0.39 is 0 Å². The topological polar surface area (TPSA) is 71.6 Å². The van der Waals surface area contributed by atoms with Crippen molar-refractivity contribution in [3.63, 3.8) is 0 Å². The van der Waals surface area contributed by atoms with Gasteiger partial charge in [-0.25, -0.2) is 4.79 Å². The SMILES string of the molecule is COc1cc(C[NH+]2COc3c(Cl)cc4c(C)c(C)c(=O)oc4c3C2)cc(OC)c1OC.